The third kappa shape index (κ3) is 4.21. The number of hydrogen-bond donors (Lipinski definition) is 1. The van der Waals surface area contributed by atoms with Gasteiger partial charge >= 0.3 is 0 Å². The SMILES string of the molecule is Cc1ccc(NC(=O)C(c2ccccc2)N2CCC3(CC2)OCCO3)c([N+](=O)[O-])c1. The van der Waals surface area contributed by atoms with Gasteiger partial charge in [0.2, 0.25) is 5.91 Å². The molecule has 2 aliphatic rings. The van der Waals surface area contributed by atoms with Crippen LogP contribution in [0.4, 0.5) is 11.4 Å². The number of rotatable bonds is 5. The zero-order chi connectivity index (χ0) is 21.1. The molecule has 1 N–H and O–H groups in total. The average Bonchev–Trinajstić information content (AvgIpc) is 3.20. The van der Waals surface area contributed by atoms with Crippen molar-refractivity contribution < 1.29 is 19.2 Å². The fraction of sp³-hybridized carbons (Fsp3) is 0.409. The van der Waals surface area contributed by atoms with E-state index in [1.165, 1.54) is 6.07 Å². The number of hydrogen-bond acceptors (Lipinski definition) is 6. The predicted octanol–water partition coefficient (Wildman–Crippen LogP) is 3.42. The summed E-state index contributed by atoms with van der Waals surface area (Å²) in [6.07, 6.45) is 1.35. The zero-order valence-electron chi connectivity index (χ0n) is 16.9. The maximum atomic E-state index is 13.3. The van der Waals surface area contributed by atoms with Crippen molar-refractivity contribution in [2.45, 2.75) is 31.6 Å². The van der Waals surface area contributed by atoms with Crippen LogP contribution in [0.5, 0.6) is 0 Å². The molecule has 2 aromatic rings. The van der Waals surface area contributed by atoms with Gasteiger partial charge in [-0.25, -0.2) is 0 Å². The molecule has 0 aromatic heterocycles. The molecular formula is C22H25N3O5. The summed E-state index contributed by atoms with van der Waals surface area (Å²) in [4.78, 5) is 26.4. The number of nitro benzene ring substituents is 1. The molecule has 4 rings (SSSR count). The molecule has 0 aliphatic carbocycles. The lowest BCUT2D eigenvalue weighted by atomic mass is 9.97. The second-order valence-electron chi connectivity index (χ2n) is 7.72. The van der Waals surface area contributed by atoms with Gasteiger partial charge in [0.25, 0.3) is 5.69 Å². The van der Waals surface area contributed by atoms with Gasteiger partial charge in [0.05, 0.1) is 18.1 Å². The second kappa shape index (κ2) is 8.51. The number of nitrogens with zero attached hydrogens (tertiary/aromatic N) is 2. The van der Waals surface area contributed by atoms with Crippen LogP contribution in [0.15, 0.2) is 48.5 Å². The summed E-state index contributed by atoms with van der Waals surface area (Å²) in [5.74, 6) is -0.832. The first kappa shape index (κ1) is 20.5. The van der Waals surface area contributed by atoms with Gasteiger partial charge in [0.15, 0.2) is 5.79 Å². The van der Waals surface area contributed by atoms with Gasteiger partial charge in [-0.15, -0.1) is 0 Å². The Kier molecular flexibility index (Phi) is 5.80. The minimum absolute atomic E-state index is 0.111. The molecule has 1 amide bonds. The largest absolute Gasteiger partial charge is 0.347 e. The van der Waals surface area contributed by atoms with Crippen LogP contribution in [0.25, 0.3) is 0 Å². The Balaban J connectivity index is 1.58. The Morgan fingerprint density at radius 3 is 2.43 bits per heavy atom. The van der Waals surface area contributed by atoms with Crippen LogP contribution in [-0.4, -0.2) is 47.8 Å². The predicted molar refractivity (Wildman–Crippen MR) is 111 cm³/mol. The summed E-state index contributed by atoms with van der Waals surface area (Å²) >= 11 is 0. The number of likely N-dealkylation sites (tertiary alicyclic amines) is 1. The standard InChI is InChI=1S/C22H25N3O5/c1-16-7-8-18(19(15-16)25(27)28)23-21(26)20(17-5-3-2-4-6-17)24-11-9-22(10-12-24)29-13-14-30-22/h2-8,15,20H,9-14H2,1H3,(H,23,26). The fourth-order valence-electron chi connectivity index (χ4n) is 4.17. The number of carbonyl (C=O) groups is 1. The van der Waals surface area contributed by atoms with Gasteiger partial charge in [-0.3, -0.25) is 19.8 Å². The summed E-state index contributed by atoms with van der Waals surface area (Å²) in [5.41, 5.74) is 1.69. The van der Waals surface area contributed by atoms with Crippen molar-refractivity contribution in [2.75, 3.05) is 31.6 Å². The molecule has 30 heavy (non-hydrogen) atoms. The summed E-state index contributed by atoms with van der Waals surface area (Å²) in [6.45, 7) is 4.23. The Bertz CT molecular complexity index is 918. The summed E-state index contributed by atoms with van der Waals surface area (Å²) in [5, 5.41) is 14.2. The van der Waals surface area contributed by atoms with Crippen molar-refractivity contribution in [3.8, 4) is 0 Å². The highest BCUT2D eigenvalue weighted by Gasteiger charge is 2.42. The minimum atomic E-state index is -0.564. The normalized spacial score (nSPS) is 19.5. The van der Waals surface area contributed by atoms with Gasteiger partial charge < -0.3 is 14.8 Å². The molecule has 8 nitrogen and oxygen atoms in total. The number of aryl methyl sites for hydroxylation is 1. The van der Waals surface area contributed by atoms with Crippen LogP contribution in [0, 0.1) is 17.0 Å². The quantitative estimate of drug-likeness (QED) is 0.599. The molecule has 1 atom stereocenters. The van der Waals surface area contributed by atoms with Crippen LogP contribution < -0.4 is 5.32 Å². The van der Waals surface area contributed by atoms with Crippen molar-refractivity contribution in [3.05, 3.63) is 69.8 Å². The number of benzene rings is 2. The molecule has 0 bridgehead atoms. The number of anilines is 1. The first-order valence-corrected chi connectivity index (χ1v) is 10.1. The Morgan fingerprint density at radius 2 is 1.80 bits per heavy atom. The van der Waals surface area contributed by atoms with Gasteiger partial charge in [-0.2, -0.15) is 0 Å². The van der Waals surface area contributed by atoms with E-state index in [-0.39, 0.29) is 17.3 Å². The smallest absolute Gasteiger partial charge is 0.293 e. The fourth-order valence-corrected chi connectivity index (χ4v) is 4.17. The summed E-state index contributed by atoms with van der Waals surface area (Å²) in [7, 11) is 0. The number of amides is 1. The molecule has 2 heterocycles. The summed E-state index contributed by atoms with van der Waals surface area (Å²) in [6, 6.07) is 13.7. The molecule has 158 valence electrons. The van der Waals surface area contributed by atoms with E-state index >= 15 is 0 Å². The molecule has 0 saturated carbocycles. The van der Waals surface area contributed by atoms with Crippen LogP contribution in [0.3, 0.4) is 0 Å². The van der Waals surface area contributed by atoms with Gasteiger partial charge in [0, 0.05) is 32.0 Å². The molecule has 2 aromatic carbocycles. The van der Waals surface area contributed by atoms with E-state index in [4.69, 9.17) is 9.47 Å². The molecule has 8 heteroatoms. The zero-order valence-corrected chi connectivity index (χ0v) is 16.9. The monoisotopic (exact) mass is 411 g/mol. The van der Waals surface area contributed by atoms with Gasteiger partial charge in [-0.05, 0) is 24.1 Å². The Hall–Kier alpha value is -2.81. The first-order chi connectivity index (χ1) is 14.5. The number of nitrogens with one attached hydrogen (secondary N) is 1. The maximum Gasteiger partial charge on any atom is 0.293 e. The first-order valence-electron chi connectivity index (χ1n) is 10.1. The second-order valence-corrected chi connectivity index (χ2v) is 7.72. The van der Waals surface area contributed by atoms with E-state index in [0.29, 0.717) is 39.1 Å². The van der Waals surface area contributed by atoms with Crippen molar-refractivity contribution in [1.29, 1.82) is 0 Å². The molecule has 0 radical (unpaired) electrons. The maximum absolute atomic E-state index is 13.3. The highest BCUT2D eigenvalue weighted by molar-refractivity contribution is 5.97. The topological polar surface area (TPSA) is 93.9 Å². The third-order valence-corrected chi connectivity index (χ3v) is 5.71. The van der Waals surface area contributed by atoms with Crippen LogP contribution in [0.1, 0.15) is 30.0 Å². The highest BCUT2D eigenvalue weighted by atomic mass is 16.7. The number of carbonyl (C=O) groups excluding carboxylic acids is 1. The van der Waals surface area contributed by atoms with E-state index in [9.17, 15) is 14.9 Å². The third-order valence-electron chi connectivity index (χ3n) is 5.71. The number of nitro groups is 1. The molecule has 2 aliphatic heterocycles. The van der Waals surface area contributed by atoms with Gasteiger partial charge in [0.1, 0.15) is 11.7 Å². The minimum Gasteiger partial charge on any atom is -0.347 e. The van der Waals surface area contributed by atoms with Gasteiger partial charge in [-0.1, -0.05) is 36.4 Å². The van der Waals surface area contributed by atoms with Crippen molar-refractivity contribution in [2.24, 2.45) is 0 Å². The number of piperidine rings is 1. The summed E-state index contributed by atoms with van der Waals surface area (Å²) < 4.78 is 11.6. The average molecular weight is 411 g/mol. The number of ether oxygens (including phenoxy) is 2. The van der Waals surface area contributed by atoms with Crippen molar-refractivity contribution >= 4 is 17.3 Å². The van der Waals surface area contributed by atoms with Crippen LogP contribution in [-0.2, 0) is 14.3 Å². The van der Waals surface area contributed by atoms with Crippen molar-refractivity contribution in [1.82, 2.24) is 4.90 Å². The molecule has 2 fully saturated rings. The highest BCUT2D eigenvalue weighted by Crippen LogP contribution is 2.35. The van der Waals surface area contributed by atoms with Crippen molar-refractivity contribution in [3.63, 3.8) is 0 Å². The molecule has 2 saturated heterocycles. The van der Waals surface area contributed by atoms with E-state index in [2.05, 4.69) is 10.2 Å². The molecular weight excluding hydrogens is 386 g/mol. The Morgan fingerprint density at radius 1 is 1.13 bits per heavy atom. The molecule has 1 spiro atoms. The van der Waals surface area contributed by atoms with Crippen LogP contribution >= 0.6 is 0 Å². The van der Waals surface area contributed by atoms with E-state index < -0.39 is 16.8 Å². The molecule has 1 unspecified atom stereocenters. The van der Waals surface area contributed by atoms with E-state index in [0.717, 1.165) is 11.1 Å². The lowest BCUT2D eigenvalue weighted by molar-refractivity contribution is -0.384. The lowest BCUT2D eigenvalue weighted by Gasteiger charge is -2.40. The lowest BCUT2D eigenvalue weighted by Crippen LogP contribution is -2.48. The van der Waals surface area contributed by atoms with E-state index in [1.54, 1.807) is 19.1 Å². The van der Waals surface area contributed by atoms with E-state index in [1.807, 2.05) is 30.3 Å². The Labute approximate surface area is 174 Å². The van der Waals surface area contributed by atoms with Crippen LogP contribution in [0.2, 0.25) is 0 Å².